The quantitative estimate of drug-likeness (QED) is 0.460. The van der Waals surface area contributed by atoms with Crippen LogP contribution in [-0.2, 0) is 21.4 Å². The van der Waals surface area contributed by atoms with Gasteiger partial charge in [-0.05, 0) is 49.2 Å². The number of hydrogen-bond donors (Lipinski definition) is 3. The molecule has 1 saturated carbocycles. The summed E-state index contributed by atoms with van der Waals surface area (Å²) in [5, 5.41) is 5.49. The van der Waals surface area contributed by atoms with Crippen LogP contribution < -0.4 is 15.4 Å². The van der Waals surface area contributed by atoms with Crippen molar-refractivity contribution in [2.24, 2.45) is 0 Å². The van der Waals surface area contributed by atoms with Crippen LogP contribution in [0.2, 0.25) is 0 Å². The van der Waals surface area contributed by atoms with Gasteiger partial charge in [0.15, 0.2) is 0 Å². The number of nitrogens with zero attached hydrogens (tertiary/aromatic N) is 2. The second-order valence-electron chi connectivity index (χ2n) is 7.56. The maximum atomic E-state index is 12.7. The molecule has 32 heavy (non-hydrogen) atoms. The van der Waals surface area contributed by atoms with Crippen LogP contribution in [0.3, 0.4) is 0 Å². The van der Waals surface area contributed by atoms with E-state index in [1.165, 1.54) is 12.1 Å². The second-order valence-corrected chi connectivity index (χ2v) is 9.27. The van der Waals surface area contributed by atoms with Crippen LogP contribution in [0.15, 0.2) is 72.1 Å². The molecule has 166 valence electrons. The molecule has 0 bridgehead atoms. The van der Waals surface area contributed by atoms with Crippen molar-refractivity contribution in [3.05, 3.63) is 72.8 Å². The summed E-state index contributed by atoms with van der Waals surface area (Å²) < 4.78 is 29.2. The highest BCUT2D eigenvalue weighted by Crippen LogP contribution is 2.23. The summed E-state index contributed by atoms with van der Waals surface area (Å²) in [5.74, 6) is -0.596. The van der Waals surface area contributed by atoms with Gasteiger partial charge in [-0.15, -0.1) is 0 Å². The molecule has 1 heterocycles. The molecule has 1 aliphatic carbocycles. The fraction of sp³-hybridized carbons (Fsp3) is 0.227. The molecule has 1 fully saturated rings. The Hall–Kier alpha value is -3.50. The Morgan fingerprint density at radius 1 is 1.03 bits per heavy atom. The molecule has 1 aromatic heterocycles. The summed E-state index contributed by atoms with van der Waals surface area (Å²) in [7, 11) is -3.62. The van der Waals surface area contributed by atoms with Crippen LogP contribution in [-0.4, -0.2) is 35.8 Å². The van der Waals surface area contributed by atoms with E-state index in [0.717, 1.165) is 12.8 Å². The lowest BCUT2D eigenvalue weighted by atomic mass is 10.1. The van der Waals surface area contributed by atoms with E-state index in [-0.39, 0.29) is 23.3 Å². The molecule has 3 aromatic rings. The highest BCUT2D eigenvalue weighted by atomic mass is 32.2. The Kier molecular flexibility index (Phi) is 6.33. The summed E-state index contributed by atoms with van der Waals surface area (Å²) in [4.78, 5) is 28.9. The van der Waals surface area contributed by atoms with E-state index in [1.54, 1.807) is 59.7 Å². The van der Waals surface area contributed by atoms with Crippen molar-refractivity contribution in [2.75, 3.05) is 10.6 Å². The molecule has 2 amide bonds. The molecule has 0 aliphatic heterocycles. The number of sulfonamides is 1. The third-order valence-electron chi connectivity index (χ3n) is 4.87. The maximum absolute atomic E-state index is 12.7. The molecule has 3 N–H and O–H groups in total. The first-order chi connectivity index (χ1) is 15.4. The number of amides is 2. The minimum atomic E-state index is -3.62. The van der Waals surface area contributed by atoms with Crippen LogP contribution in [0.25, 0.3) is 0 Å². The highest BCUT2D eigenvalue weighted by Gasteiger charge is 2.28. The molecule has 0 unspecified atom stereocenters. The largest absolute Gasteiger partial charge is 0.337 e. The van der Waals surface area contributed by atoms with Gasteiger partial charge in [0.05, 0.1) is 11.2 Å². The van der Waals surface area contributed by atoms with E-state index in [9.17, 15) is 18.0 Å². The predicted octanol–water partition coefficient (Wildman–Crippen LogP) is 2.60. The number of rotatable bonds is 9. The smallest absolute Gasteiger partial charge is 0.255 e. The van der Waals surface area contributed by atoms with Gasteiger partial charge in [-0.1, -0.05) is 12.1 Å². The fourth-order valence-electron chi connectivity index (χ4n) is 3.04. The van der Waals surface area contributed by atoms with Crippen LogP contribution in [0, 0.1) is 0 Å². The van der Waals surface area contributed by atoms with Gasteiger partial charge in [0, 0.05) is 48.3 Å². The Labute approximate surface area is 185 Å². The molecule has 4 rings (SSSR count). The fourth-order valence-corrected chi connectivity index (χ4v) is 4.39. The first kappa shape index (κ1) is 21.7. The van der Waals surface area contributed by atoms with Crippen molar-refractivity contribution in [1.29, 1.82) is 0 Å². The molecule has 9 nitrogen and oxygen atoms in total. The first-order valence-corrected chi connectivity index (χ1v) is 11.7. The average molecular weight is 454 g/mol. The van der Waals surface area contributed by atoms with E-state index in [1.807, 2.05) is 0 Å². The molecule has 0 spiro atoms. The van der Waals surface area contributed by atoms with Gasteiger partial charge < -0.3 is 15.2 Å². The first-order valence-electron chi connectivity index (χ1n) is 10.2. The van der Waals surface area contributed by atoms with Gasteiger partial charge in [-0.2, -0.15) is 0 Å². The minimum Gasteiger partial charge on any atom is -0.337 e. The number of hydrogen-bond acceptors (Lipinski definition) is 5. The number of anilines is 2. The zero-order valence-corrected chi connectivity index (χ0v) is 18.0. The van der Waals surface area contributed by atoms with Crippen LogP contribution in [0.1, 0.15) is 29.6 Å². The monoisotopic (exact) mass is 453 g/mol. The van der Waals surface area contributed by atoms with E-state index in [2.05, 4.69) is 20.3 Å². The van der Waals surface area contributed by atoms with Gasteiger partial charge in [0.25, 0.3) is 5.91 Å². The number of aryl methyl sites for hydroxylation is 1. The molecule has 0 saturated heterocycles. The average Bonchev–Trinajstić information content (AvgIpc) is 3.41. The lowest BCUT2D eigenvalue weighted by molar-refractivity contribution is -0.116. The Balaban J connectivity index is 1.38. The molecule has 10 heteroatoms. The predicted molar refractivity (Wildman–Crippen MR) is 120 cm³/mol. The molecular weight excluding hydrogens is 430 g/mol. The zero-order valence-electron chi connectivity index (χ0n) is 17.2. The van der Waals surface area contributed by atoms with Gasteiger partial charge in [0.1, 0.15) is 0 Å². The van der Waals surface area contributed by atoms with Crippen LogP contribution in [0.5, 0.6) is 0 Å². The Morgan fingerprint density at radius 3 is 2.50 bits per heavy atom. The van der Waals surface area contributed by atoms with Crippen molar-refractivity contribution < 1.29 is 18.0 Å². The van der Waals surface area contributed by atoms with Gasteiger partial charge >= 0.3 is 0 Å². The summed E-state index contributed by atoms with van der Waals surface area (Å²) in [6.07, 6.45) is 7.01. The highest BCUT2D eigenvalue weighted by molar-refractivity contribution is 7.89. The molecule has 0 atom stereocenters. The van der Waals surface area contributed by atoms with Crippen molar-refractivity contribution >= 4 is 33.2 Å². The van der Waals surface area contributed by atoms with Crippen LogP contribution in [0.4, 0.5) is 11.4 Å². The number of carbonyl (C=O) groups is 2. The van der Waals surface area contributed by atoms with Gasteiger partial charge in [-0.25, -0.2) is 18.1 Å². The molecule has 2 aromatic carbocycles. The minimum absolute atomic E-state index is 0.00357. The summed E-state index contributed by atoms with van der Waals surface area (Å²) in [5.41, 5.74) is 1.20. The van der Waals surface area contributed by atoms with Gasteiger partial charge in [-0.3, -0.25) is 9.59 Å². The number of carbonyl (C=O) groups excluding carboxylic acids is 2. The van der Waals surface area contributed by atoms with E-state index >= 15 is 0 Å². The number of aromatic nitrogens is 2. The number of imidazole rings is 1. The number of nitrogens with one attached hydrogen (secondary N) is 3. The third kappa shape index (κ3) is 5.80. The maximum Gasteiger partial charge on any atom is 0.255 e. The van der Waals surface area contributed by atoms with Gasteiger partial charge in [0.2, 0.25) is 15.9 Å². The number of benzene rings is 2. The lowest BCUT2D eigenvalue weighted by Gasteiger charge is -2.10. The van der Waals surface area contributed by atoms with E-state index in [0.29, 0.717) is 23.5 Å². The Morgan fingerprint density at radius 2 is 1.78 bits per heavy atom. The van der Waals surface area contributed by atoms with Crippen molar-refractivity contribution in [3.63, 3.8) is 0 Å². The normalized spacial score (nSPS) is 13.5. The molecule has 0 radical (unpaired) electrons. The molecule has 1 aliphatic rings. The molecular formula is C22H23N5O4S. The SMILES string of the molecule is O=C(CCn1ccnc1)Nc1cccc(C(=O)Nc2cccc(S(=O)(=O)NC3CC3)c2)c1. The topological polar surface area (TPSA) is 122 Å². The third-order valence-corrected chi connectivity index (χ3v) is 6.38. The van der Waals surface area contributed by atoms with E-state index in [4.69, 9.17) is 0 Å². The second kappa shape index (κ2) is 9.33. The van der Waals surface area contributed by atoms with E-state index < -0.39 is 15.9 Å². The summed E-state index contributed by atoms with van der Waals surface area (Å²) in [6.45, 7) is 0.501. The lowest BCUT2D eigenvalue weighted by Crippen LogP contribution is -2.25. The summed E-state index contributed by atoms with van der Waals surface area (Å²) in [6, 6.07) is 12.7. The van der Waals surface area contributed by atoms with Crippen molar-refractivity contribution in [3.8, 4) is 0 Å². The standard InChI is InChI=1S/C22H23N5O4S/c28-21(9-11-27-12-10-23-15-27)24-18-4-1-3-16(13-18)22(29)25-19-5-2-6-20(14-19)32(30,31)26-17-7-8-17/h1-6,10,12-15,17,26H,7-9,11H2,(H,24,28)(H,25,29). The summed E-state index contributed by atoms with van der Waals surface area (Å²) >= 11 is 0. The Bertz CT molecular complexity index is 1220. The van der Waals surface area contributed by atoms with Crippen molar-refractivity contribution in [2.45, 2.75) is 36.7 Å². The zero-order chi connectivity index (χ0) is 22.6. The van der Waals surface area contributed by atoms with Crippen LogP contribution >= 0.6 is 0 Å². The van der Waals surface area contributed by atoms with Crippen molar-refractivity contribution in [1.82, 2.24) is 14.3 Å².